The monoisotopic (exact) mass is 195 g/mol. The third-order valence-corrected chi connectivity index (χ3v) is 1.95. The van der Waals surface area contributed by atoms with Gasteiger partial charge in [0.2, 0.25) is 0 Å². The van der Waals surface area contributed by atoms with Crippen LogP contribution in [0.3, 0.4) is 0 Å². The fourth-order valence-electron chi connectivity index (χ4n) is 1.26. The van der Waals surface area contributed by atoms with E-state index in [9.17, 15) is 4.79 Å². The molecule has 6 heteroatoms. The molecule has 0 aromatic carbocycles. The molecule has 76 valence electrons. The molecule has 0 radical (unpaired) electrons. The van der Waals surface area contributed by atoms with Crippen molar-refractivity contribution in [3.8, 4) is 0 Å². The van der Waals surface area contributed by atoms with Crippen LogP contribution in [0.4, 0.5) is 0 Å². The summed E-state index contributed by atoms with van der Waals surface area (Å²) >= 11 is 0. The van der Waals surface area contributed by atoms with E-state index in [1.165, 1.54) is 0 Å². The first-order chi connectivity index (χ1) is 6.43. The molecule has 0 saturated heterocycles. The fraction of sp³-hybridized carbons (Fsp3) is 0.375. The van der Waals surface area contributed by atoms with Crippen LogP contribution in [-0.4, -0.2) is 21.6 Å². The minimum atomic E-state index is -0.451. The molecule has 14 heavy (non-hydrogen) atoms. The van der Waals surface area contributed by atoms with Gasteiger partial charge in [0.1, 0.15) is 0 Å². The number of hydrogen-bond donors (Lipinski definition) is 2. The van der Waals surface area contributed by atoms with E-state index in [1.54, 1.807) is 25.6 Å². The van der Waals surface area contributed by atoms with E-state index in [2.05, 4.69) is 10.1 Å². The van der Waals surface area contributed by atoms with Crippen molar-refractivity contribution >= 4 is 11.9 Å². The first-order valence-corrected chi connectivity index (χ1v) is 4.07. The highest BCUT2D eigenvalue weighted by atomic mass is 16.1. The Morgan fingerprint density at radius 3 is 2.36 bits per heavy atom. The maximum absolute atomic E-state index is 11.5. The van der Waals surface area contributed by atoms with Crippen molar-refractivity contribution in [2.24, 2.45) is 23.5 Å². The Balaban J connectivity index is 3.19. The Morgan fingerprint density at radius 1 is 1.43 bits per heavy atom. The van der Waals surface area contributed by atoms with E-state index in [0.717, 1.165) is 5.69 Å². The molecule has 1 aromatic heterocycles. The number of rotatable bonds is 1. The molecule has 1 rings (SSSR count). The van der Waals surface area contributed by atoms with E-state index in [-0.39, 0.29) is 5.96 Å². The lowest BCUT2D eigenvalue weighted by atomic mass is 10.2. The first kappa shape index (κ1) is 10.2. The van der Waals surface area contributed by atoms with Crippen LogP contribution >= 0.6 is 0 Å². The Labute approximate surface area is 81.6 Å². The largest absolute Gasteiger partial charge is 0.370 e. The molecule has 1 aromatic rings. The summed E-state index contributed by atoms with van der Waals surface area (Å²) in [6, 6.07) is 0. The molecular weight excluding hydrogens is 182 g/mol. The predicted octanol–water partition coefficient (Wildman–Crippen LogP) is -0.549. The van der Waals surface area contributed by atoms with Crippen LogP contribution in [-0.2, 0) is 7.05 Å². The van der Waals surface area contributed by atoms with Gasteiger partial charge in [0, 0.05) is 12.7 Å². The summed E-state index contributed by atoms with van der Waals surface area (Å²) in [4.78, 5) is 15.0. The summed E-state index contributed by atoms with van der Waals surface area (Å²) < 4.78 is 1.62. The van der Waals surface area contributed by atoms with Crippen LogP contribution in [0, 0.1) is 13.8 Å². The van der Waals surface area contributed by atoms with Gasteiger partial charge in [-0.1, -0.05) is 0 Å². The average Bonchev–Trinajstić information content (AvgIpc) is 2.25. The zero-order valence-electron chi connectivity index (χ0n) is 8.40. The Hall–Kier alpha value is -1.85. The van der Waals surface area contributed by atoms with Gasteiger partial charge in [0.05, 0.1) is 11.3 Å². The number of guanidine groups is 1. The number of aliphatic imine (C=N–C) groups is 1. The Morgan fingerprint density at radius 2 is 2.00 bits per heavy atom. The third-order valence-electron chi connectivity index (χ3n) is 1.95. The predicted molar refractivity (Wildman–Crippen MR) is 52.8 cm³/mol. The summed E-state index contributed by atoms with van der Waals surface area (Å²) in [5, 5.41) is 4.08. The van der Waals surface area contributed by atoms with Crippen molar-refractivity contribution in [2.75, 3.05) is 0 Å². The van der Waals surface area contributed by atoms with Crippen molar-refractivity contribution in [1.82, 2.24) is 9.78 Å². The highest BCUT2D eigenvalue weighted by Crippen LogP contribution is 2.12. The zero-order chi connectivity index (χ0) is 10.9. The third kappa shape index (κ3) is 1.73. The molecule has 0 aliphatic rings. The van der Waals surface area contributed by atoms with Crippen LogP contribution < -0.4 is 11.5 Å². The minimum Gasteiger partial charge on any atom is -0.370 e. The van der Waals surface area contributed by atoms with Gasteiger partial charge in [-0.05, 0) is 13.8 Å². The Bertz CT molecular complexity index is 400. The number of nitrogens with two attached hydrogens (primary N) is 2. The maximum atomic E-state index is 11.5. The average molecular weight is 195 g/mol. The highest BCUT2D eigenvalue weighted by molar-refractivity contribution is 6.03. The normalized spacial score (nSPS) is 9.93. The molecule has 0 bridgehead atoms. The SMILES string of the molecule is Cc1nn(C)c(C)c1C(=O)N=C(N)N. The first-order valence-electron chi connectivity index (χ1n) is 4.07. The molecule has 0 aliphatic heterocycles. The molecule has 0 atom stereocenters. The lowest BCUT2D eigenvalue weighted by Crippen LogP contribution is -2.24. The second-order valence-electron chi connectivity index (χ2n) is 3.01. The summed E-state index contributed by atoms with van der Waals surface area (Å²) in [5.74, 6) is -0.689. The van der Waals surface area contributed by atoms with Crippen LogP contribution in [0.15, 0.2) is 4.99 Å². The van der Waals surface area contributed by atoms with E-state index in [0.29, 0.717) is 11.3 Å². The van der Waals surface area contributed by atoms with Gasteiger partial charge in [-0.25, -0.2) is 0 Å². The Kier molecular flexibility index (Phi) is 2.55. The molecule has 0 fully saturated rings. The molecule has 1 heterocycles. The standard InChI is InChI=1S/C8H13N5O/c1-4-6(5(2)13(3)12-4)7(14)11-8(9)10/h1-3H3,(H4,9,10,11,14). The number of aryl methyl sites for hydroxylation is 2. The maximum Gasteiger partial charge on any atom is 0.283 e. The van der Waals surface area contributed by atoms with Crippen molar-refractivity contribution in [2.45, 2.75) is 13.8 Å². The van der Waals surface area contributed by atoms with Crippen LogP contribution in [0.5, 0.6) is 0 Å². The lowest BCUT2D eigenvalue weighted by molar-refractivity contribution is 0.100. The van der Waals surface area contributed by atoms with Crippen LogP contribution in [0.2, 0.25) is 0 Å². The number of carbonyl (C=O) groups is 1. The highest BCUT2D eigenvalue weighted by Gasteiger charge is 2.16. The van der Waals surface area contributed by atoms with Crippen molar-refractivity contribution in [3.05, 3.63) is 17.0 Å². The van der Waals surface area contributed by atoms with E-state index in [4.69, 9.17) is 11.5 Å². The number of amides is 1. The topological polar surface area (TPSA) is 99.3 Å². The van der Waals surface area contributed by atoms with E-state index >= 15 is 0 Å². The van der Waals surface area contributed by atoms with Crippen LogP contribution in [0.1, 0.15) is 21.7 Å². The quantitative estimate of drug-likeness (QED) is 0.464. The van der Waals surface area contributed by atoms with Crippen molar-refractivity contribution < 1.29 is 4.79 Å². The van der Waals surface area contributed by atoms with Gasteiger partial charge in [0.25, 0.3) is 5.91 Å². The molecule has 6 nitrogen and oxygen atoms in total. The molecule has 0 spiro atoms. The minimum absolute atomic E-state index is 0.238. The number of carbonyl (C=O) groups excluding carboxylic acids is 1. The lowest BCUT2D eigenvalue weighted by Gasteiger charge is -1.96. The molecule has 0 aliphatic carbocycles. The molecule has 4 N–H and O–H groups in total. The molecule has 0 saturated carbocycles. The smallest absolute Gasteiger partial charge is 0.283 e. The van der Waals surface area contributed by atoms with Gasteiger partial charge < -0.3 is 11.5 Å². The summed E-state index contributed by atoms with van der Waals surface area (Å²) in [6.45, 7) is 3.53. The van der Waals surface area contributed by atoms with Gasteiger partial charge >= 0.3 is 0 Å². The number of hydrogen-bond acceptors (Lipinski definition) is 2. The van der Waals surface area contributed by atoms with E-state index in [1.807, 2.05) is 0 Å². The van der Waals surface area contributed by atoms with Crippen molar-refractivity contribution in [1.29, 1.82) is 0 Å². The summed E-state index contributed by atoms with van der Waals surface area (Å²) in [6.07, 6.45) is 0. The number of nitrogens with zero attached hydrogens (tertiary/aromatic N) is 3. The molecule has 1 amide bonds. The van der Waals surface area contributed by atoms with Crippen molar-refractivity contribution in [3.63, 3.8) is 0 Å². The summed E-state index contributed by atoms with van der Waals surface area (Å²) in [7, 11) is 1.76. The fourth-order valence-corrected chi connectivity index (χ4v) is 1.26. The number of aromatic nitrogens is 2. The van der Waals surface area contributed by atoms with Gasteiger partial charge in [-0.2, -0.15) is 10.1 Å². The second-order valence-corrected chi connectivity index (χ2v) is 3.01. The van der Waals surface area contributed by atoms with E-state index < -0.39 is 5.91 Å². The van der Waals surface area contributed by atoms with Gasteiger partial charge in [0.15, 0.2) is 5.96 Å². The molecule has 0 unspecified atom stereocenters. The second kappa shape index (κ2) is 3.49. The van der Waals surface area contributed by atoms with Gasteiger partial charge in [-0.3, -0.25) is 9.48 Å². The molecular formula is C8H13N5O. The zero-order valence-corrected chi connectivity index (χ0v) is 8.40. The summed E-state index contributed by atoms with van der Waals surface area (Å²) in [5.41, 5.74) is 12.1. The van der Waals surface area contributed by atoms with Crippen LogP contribution in [0.25, 0.3) is 0 Å². The van der Waals surface area contributed by atoms with Gasteiger partial charge in [-0.15, -0.1) is 0 Å².